The second kappa shape index (κ2) is 6.80. The third-order valence-corrected chi connectivity index (χ3v) is 8.42. The van der Waals surface area contributed by atoms with Crippen LogP contribution < -0.4 is 0 Å². The Labute approximate surface area is 171 Å². The normalized spacial score (nSPS) is 24.6. The number of aromatic nitrogens is 1. The van der Waals surface area contributed by atoms with Crippen LogP contribution in [0, 0.1) is 12.3 Å². The van der Waals surface area contributed by atoms with Gasteiger partial charge in [-0.1, -0.05) is 5.16 Å². The smallest absolute Gasteiger partial charge is 0.276 e. The lowest BCUT2D eigenvalue weighted by Gasteiger charge is -2.43. The lowest BCUT2D eigenvalue weighted by molar-refractivity contribution is -0.138. The molecule has 0 unspecified atom stereocenters. The van der Waals surface area contributed by atoms with Gasteiger partial charge in [-0.2, -0.15) is 0 Å². The maximum absolute atomic E-state index is 13.2. The Balaban J connectivity index is 1.45. The average molecular weight is 425 g/mol. The van der Waals surface area contributed by atoms with Crippen LogP contribution in [0.15, 0.2) is 10.6 Å². The fourth-order valence-electron chi connectivity index (χ4n) is 5.30. The molecule has 0 aromatic carbocycles. The minimum atomic E-state index is -3.23. The average Bonchev–Trinajstić information content (AvgIpc) is 3.19. The Morgan fingerprint density at radius 2 is 1.76 bits per heavy atom. The van der Waals surface area contributed by atoms with Crippen LogP contribution in [0.2, 0.25) is 0 Å². The van der Waals surface area contributed by atoms with Crippen molar-refractivity contribution < 1.29 is 22.5 Å². The molecule has 3 aliphatic rings. The van der Waals surface area contributed by atoms with Crippen LogP contribution in [0.3, 0.4) is 0 Å². The van der Waals surface area contributed by atoms with E-state index in [1.54, 1.807) is 17.9 Å². The fourth-order valence-corrected chi connectivity index (χ4v) is 6.15. The summed E-state index contributed by atoms with van der Waals surface area (Å²) in [6, 6.07) is 1.64. The number of likely N-dealkylation sites (tertiary alicyclic amines) is 2. The minimum absolute atomic E-state index is 0.123. The number of piperidine rings is 2. The number of carbonyl (C=O) groups excluding carboxylic acids is 2. The van der Waals surface area contributed by atoms with Gasteiger partial charge >= 0.3 is 0 Å². The van der Waals surface area contributed by atoms with Crippen LogP contribution in [-0.2, 0) is 14.8 Å². The summed E-state index contributed by atoms with van der Waals surface area (Å²) in [4.78, 5) is 29.5. The first-order valence-corrected chi connectivity index (χ1v) is 11.9. The van der Waals surface area contributed by atoms with Gasteiger partial charge in [0, 0.05) is 44.8 Å². The standard InChI is InChI=1S/C19H28N4O5S/c1-14-12-15(20-28-14)16(24)22-8-6-19(7-9-22)13-18(17(25)21(19)2)4-10-23(11-5-18)29(3,26)27/h12H,4-11,13H2,1-3H3. The molecule has 4 heterocycles. The lowest BCUT2D eigenvalue weighted by Crippen LogP contribution is -2.52. The monoisotopic (exact) mass is 424 g/mol. The molecular weight excluding hydrogens is 396 g/mol. The quantitative estimate of drug-likeness (QED) is 0.698. The van der Waals surface area contributed by atoms with Crippen molar-refractivity contribution in [3.63, 3.8) is 0 Å². The van der Waals surface area contributed by atoms with Crippen molar-refractivity contribution in [2.45, 2.75) is 44.6 Å². The Morgan fingerprint density at radius 1 is 1.14 bits per heavy atom. The molecule has 2 amide bonds. The minimum Gasteiger partial charge on any atom is -0.361 e. The second-order valence-electron chi connectivity index (χ2n) is 8.82. The van der Waals surface area contributed by atoms with Crippen molar-refractivity contribution in [3.8, 4) is 0 Å². The van der Waals surface area contributed by atoms with Crippen LogP contribution in [0.1, 0.15) is 48.4 Å². The summed E-state index contributed by atoms with van der Waals surface area (Å²) >= 11 is 0. The van der Waals surface area contributed by atoms with Gasteiger partial charge in [0.05, 0.1) is 11.7 Å². The fraction of sp³-hybridized carbons (Fsp3) is 0.737. The molecule has 3 saturated heterocycles. The number of rotatable bonds is 2. The maximum atomic E-state index is 13.2. The molecule has 160 valence electrons. The highest BCUT2D eigenvalue weighted by Gasteiger charge is 2.59. The summed E-state index contributed by atoms with van der Waals surface area (Å²) in [5.74, 6) is 0.586. The maximum Gasteiger partial charge on any atom is 0.276 e. The Morgan fingerprint density at radius 3 is 2.28 bits per heavy atom. The molecule has 1 aromatic rings. The molecule has 10 heteroatoms. The van der Waals surface area contributed by atoms with E-state index in [9.17, 15) is 18.0 Å². The third-order valence-electron chi connectivity index (χ3n) is 7.11. The number of aryl methyl sites for hydroxylation is 1. The van der Waals surface area contributed by atoms with Crippen LogP contribution >= 0.6 is 0 Å². The van der Waals surface area contributed by atoms with E-state index in [4.69, 9.17) is 4.52 Å². The molecule has 0 aliphatic carbocycles. The van der Waals surface area contributed by atoms with Gasteiger partial charge < -0.3 is 14.3 Å². The van der Waals surface area contributed by atoms with Crippen molar-refractivity contribution in [1.82, 2.24) is 19.3 Å². The first kappa shape index (κ1) is 20.3. The number of amides is 2. The molecule has 1 aromatic heterocycles. The molecule has 2 spiro atoms. The number of nitrogens with zero attached hydrogens (tertiary/aromatic N) is 4. The SMILES string of the molecule is Cc1cc(C(=O)N2CCC3(CC2)CC2(CCN(S(C)(=O)=O)CC2)C(=O)N3C)no1. The molecule has 0 bridgehead atoms. The van der Waals surface area contributed by atoms with E-state index in [0.29, 0.717) is 50.5 Å². The van der Waals surface area contributed by atoms with E-state index >= 15 is 0 Å². The zero-order chi connectivity index (χ0) is 21.0. The van der Waals surface area contributed by atoms with Gasteiger partial charge in [-0.3, -0.25) is 9.59 Å². The van der Waals surface area contributed by atoms with Gasteiger partial charge in [0.1, 0.15) is 5.76 Å². The predicted molar refractivity (Wildman–Crippen MR) is 105 cm³/mol. The number of sulfonamides is 1. The molecule has 0 saturated carbocycles. The Hall–Kier alpha value is -1.94. The molecule has 0 N–H and O–H groups in total. The van der Waals surface area contributed by atoms with Crippen LogP contribution in [-0.4, -0.2) is 84.5 Å². The zero-order valence-corrected chi connectivity index (χ0v) is 18.0. The molecule has 3 aliphatic heterocycles. The molecule has 29 heavy (non-hydrogen) atoms. The predicted octanol–water partition coefficient (Wildman–Crippen LogP) is 0.862. The Kier molecular flexibility index (Phi) is 4.77. The molecule has 0 atom stereocenters. The second-order valence-corrected chi connectivity index (χ2v) is 10.8. The molecular formula is C19H28N4O5S. The summed E-state index contributed by atoms with van der Waals surface area (Å²) in [5.41, 5.74) is -0.425. The van der Waals surface area contributed by atoms with Crippen molar-refractivity contribution in [2.24, 2.45) is 5.41 Å². The first-order chi connectivity index (χ1) is 13.6. The number of carbonyl (C=O) groups is 2. The molecule has 4 rings (SSSR count). The van der Waals surface area contributed by atoms with Gasteiger partial charge in [0.2, 0.25) is 15.9 Å². The first-order valence-electron chi connectivity index (χ1n) is 10.0. The molecule has 9 nitrogen and oxygen atoms in total. The van der Waals surface area contributed by atoms with Gasteiger partial charge in [0.25, 0.3) is 5.91 Å². The third kappa shape index (κ3) is 3.35. The van der Waals surface area contributed by atoms with Gasteiger partial charge in [0.15, 0.2) is 5.69 Å². The topological polar surface area (TPSA) is 104 Å². The van der Waals surface area contributed by atoms with Crippen molar-refractivity contribution in [2.75, 3.05) is 39.5 Å². The number of hydrogen-bond acceptors (Lipinski definition) is 6. The summed E-state index contributed by atoms with van der Waals surface area (Å²) in [6.45, 7) is 3.67. The summed E-state index contributed by atoms with van der Waals surface area (Å²) in [6.07, 6.45) is 4.51. The highest BCUT2D eigenvalue weighted by atomic mass is 32.2. The highest BCUT2D eigenvalue weighted by Crippen LogP contribution is 2.52. The van der Waals surface area contributed by atoms with E-state index < -0.39 is 15.4 Å². The van der Waals surface area contributed by atoms with Gasteiger partial charge in [-0.15, -0.1) is 0 Å². The highest BCUT2D eigenvalue weighted by molar-refractivity contribution is 7.88. The molecule has 0 radical (unpaired) electrons. The van der Waals surface area contributed by atoms with Crippen LogP contribution in [0.25, 0.3) is 0 Å². The van der Waals surface area contributed by atoms with Crippen molar-refractivity contribution in [1.29, 1.82) is 0 Å². The van der Waals surface area contributed by atoms with Gasteiger partial charge in [-0.05, 0) is 39.0 Å². The van der Waals surface area contributed by atoms with E-state index in [0.717, 1.165) is 19.3 Å². The van der Waals surface area contributed by atoms with Crippen LogP contribution in [0.4, 0.5) is 0 Å². The summed E-state index contributed by atoms with van der Waals surface area (Å²) < 4.78 is 30.1. The van der Waals surface area contributed by atoms with E-state index in [1.807, 2.05) is 11.9 Å². The van der Waals surface area contributed by atoms with E-state index in [2.05, 4.69) is 5.16 Å². The van der Waals surface area contributed by atoms with Crippen molar-refractivity contribution in [3.05, 3.63) is 17.5 Å². The zero-order valence-electron chi connectivity index (χ0n) is 17.2. The van der Waals surface area contributed by atoms with Crippen LogP contribution in [0.5, 0.6) is 0 Å². The van der Waals surface area contributed by atoms with E-state index in [1.165, 1.54) is 10.6 Å². The lowest BCUT2D eigenvalue weighted by atomic mass is 9.71. The summed E-state index contributed by atoms with van der Waals surface area (Å²) in [7, 11) is -1.37. The Bertz CT molecular complexity index is 924. The van der Waals surface area contributed by atoms with Crippen molar-refractivity contribution >= 4 is 21.8 Å². The van der Waals surface area contributed by atoms with E-state index in [-0.39, 0.29) is 17.4 Å². The molecule has 3 fully saturated rings. The van der Waals surface area contributed by atoms with Gasteiger partial charge in [-0.25, -0.2) is 12.7 Å². The largest absolute Gasteiger partial charge is 0.361 e. The number of hydrogen-bond donors (Lipinski definition) is 0. The summed E-state index contributed by atoms with van der Waals surface area (Å²) in [5, 5.41) is 3.82.